The predicted octanol–water partition coefficient (Wildman–Crippen LogP) is 0.220. The average Bonchev–Trinajstić information content (AvgIpc) is 3.15. The third-order valence-corrected chi connectivity index (χ3v) is 5.17. The number of aryl methyl sites for hydroxylation is 1. The van der Waals surface area contributed by atoms with Crippen LogP contribution in [0.2, 0.25) is 0 Å². The first-order chi connectivity index (χ1) is 12.7. The summed E-state index contributed by atoms with van der Waals surface area (Å²) in [6.07, 6.45) is 2.16. The van der Waals surface area contributed by atoms with Gasteiger partial charge < -0.3 is 15.1 Å². The summed E-state index contributed by atoms with van der Waals surface area (Å²) in [5.74, 6) is 1.97. The lowest BCUT2D eigenvalue weighted by atomic mass is 10.2. The van der Waals surface area contributed by atoms with E-state index in [1.54, 1.807) is 10.8 Å². The first-order valence-corrected chi connectivity index (χ1v) is 9.34. The van der Waals surface area contributed by atoms with Gasteiger partial charge in [0.1, 0.15) is 12.1 Å². The van der Waals surface area contributed by atoms with Crippen LogP contribution in [-0.4, -0.2) is 94.2 Å². The fourth-order valence-electron chi connectivity index (χ4n) is 3.66. The maximum absolute atomic E-state index is 12.3. The van der Waals surface area contributed by atoms with E-state index < -0.39 is 0 Å². The molecule has 2 aliphatic heterocycles. The second-order valence-electron chi connectivity index (χ2n) is 6.94. The van der Waals surface area contributed by atoms with Crippen molar-refractivity contribution in [3.8, 4) is 0 Å². The molecule has 0 bridgehead atoms. The third kappa shape index (κ3) is 5.02. The summed E-state index contributed by atoms with van der Waals surface area (Å²) in [6, 6.07) is 2.06. The molecule has 0 saturated carbocycles. The highest BCUT2D eigenvalue weighted by Gasteiger charge is 2.22. The van der Waals surface area contributed by atoms with Gasteiger partial charge in [0.2, 0.25) is 5.91 Å². The molecule has 11 heteroatoms. The van der Waals surface area contributed by atoms with Crippen LogP contribution >= 0.6 is 24.8 Å². The Labute approximate surface area is 177 Å². The molecule has 0 atom stereocenters. The highest BCUT2D eigenvalue weighted by Crippen LogP contribution is 2.18. The first kappa shape index (κ1) is 22.6. The van der Waals surface area contributed by atoms with E-state index in [1.165, 1.54) is 0 Å². The number of halogens is 2. The molecule has 156 valence electrons. The highest BCUT2D eigenvalue weighted by molar-refractivity contribution is 5.85. The zero-order chi connectivity index (χ0) is 17.9. The topological polar surface area (TPSA) is 81.9 Å². The number of carbonyl (C=O) groups excluding carboxylic acids is 1. The third-order valence-electron chi connectivity index (χ3n) is 5.17. The molecule has 2 fully saturated rings. The van der Waals surface area contributed by atoms with Crippen molar-refractivity contribution in [1.29, 1.82) is 0 Å². The summed E-state index contributed by atoms with van der Waals surface area (Å²) in [4.78, 5) is 27.6. The van der Waals surface area contributed by atoms with Crippen LogP contribution in [0.15, 0.2) is 12.4 Å². The SMILES string of the molecule is Cc1cc(N2CCN(CCC(=O)N3CCNCC3)CC2)n2ncnc2n1.Cl.Cl. The lowest BCUT2D eigenvalue weighted by Gasteiger charge is -2.36. The molecule has 28 heavy (non-hydrogen) atoms. The monoisotopic (exact) mass is 430 g/mol. The number of nitrogens with one attached hydrogen (secondary N) is 1. The Kier molecular flexibility index (Phi) is 8.23. The van der Waals surface area contributed by atoms with E-state index in [0.717, 1.165) is 70.4 Å². The van der Waals surface area contributed by atoms with E-state index in [4.69, 9.17) is 0 Å². The van der Waals surface area contributed by atoms with Crippen LogP contribution < -0.4 is 10.2 Å². The number of piperazine rings is 2. The minimum Gasteiger partial charge on any atom is -0.354 e. The van der Waals surface area contributed by atoms with Gasteiger partial charge in [0.25, 0.3) is 5.78 Å². The molecule has 0 aromatic carbocycles. The molecule has 0 spiro atoms. The van der Waals surface area contributed by atoms with Crippen LogP contribution in [0.3, 0.4) is 0 Å². The molecule has 0 unspecified atom stereocenters. The van der Waals surface area contributed by atoms with Gasteiger partial charge >= 0.3 is 0 Å². The number of rotatable bonds is 4. The van der Waals surface area contributed by atoms with Crippen molar-refractivity contribution >= 4 is 42.3 Å². The summed E-state index contributed by atoms with van der Waals surface area (Å²) < 4.78 is 1.80. The quantitative estimate of drug-likeness (QED) is 0.742. The van der Waals surface area contributed by atoms with E-state index in [1.807, 2.05) is 11.8 Å². The maximum atomic E-state index is 12.3. The van der Waals surface area contributed by atoms with Crippen molar-refractivity contribution in [1.82, 2.24) is 34.7 Å². The van der Waals surface area contributed by atoms with Gasteiger partial charge in [0.05, 0.1) is 0 Å². The van der Waals surface area contributed by atoms with Crippen molar-refractivity contribution in [2.24, 2.45) is 0 Å². The number of fused-ring (bicyclic) bond motifs is 1. The fourth-order valence-corrected chi connectivity index (χ4v) is 3.66. The summed E-state index contributed by atoms with van der Waals surface area (Å²) in [7, 11) is 0. The van der Waals surface area contributed by atoms with Crippen molar-refractivity contribution in [3.63, 3.8) is 0 Å². The van der Waals surface area contributed by atoms with Gasteiger partial charge in [0, 0.05) is 77.1 Å². The number of nitrogens with zero attached hydrogens (tertiary/aromatic N) is 7. The number of carbonyl (C=O) groups is 1. The summed E-state index contributed by atoms with van der Waals surface area (Å²) >= 11 is 0. The standard InChI is InChI=1S/C17H26N8O.2ClH/c1-14-12-15(25-17(21-14)19-13-20-25)23-10-8-22(9-11-23)5-2-16(26)24-6-3-18-4-7-24;;/h12-13,18H,2-11H2,1H3;2*1H. The Morgan fingerprint density at radius 1 is 1.11 bits per heavy atom. The molecule has 4 rings (SSSR count). The Bertz CT molecular complexity index is 772. The first-order valence-electron chi connectivity index (χ1n) is 9.34. The van der Waals surface area contributed by atoms with Crippen molar-refractivity contribution in [2.45, 2.75) is 13.3 Å². The molecule has 0 radical (unpaired) electrons. The number of anilines is 1. The van der Waals surface area contributed by atoms with Gasteiger partial charge in [-0.3, -0.25) is 9.69 Å². The molecule has 2 saturated heterocycles. The van der Waals surface area contributed by atoms with Gasteiger partial charge in [-0.05, 0) is 6.92 Å². The van der Waals surface area contributed by atoms with Crippen LogP contribution in [0.1, 0.15) is 12.1 Å². The number of hydrogen-bond donors (Lipinski definition) is 1. The highest BCUT2D eigenvalue weighted by atomic mass is 35.5. The van der Waals surface area contributed by atoms with Crippen LogP contribution in [0, 0.1) is 6.92 Å². The molecular weight excluding hydrogens is 403 g/mol. The molecule has 2 aromatic heterocycles. The van der Waals surface area contributed by atoms with Gasteiger partial charge in [-0.25, -0.2) is 4.98 Å². The number of aromatic nitrogens is 4. The van der Waals surface area contributed by atoms with E-state index in [-0.39, 0.29) is 30.7 Å². The summed E-state index contributed by atoms with van der Waals surface area (Å²) in [5.41, 5.74) is 0.949. The second kappa shape index (κ2) is 10.2. The van der Waals surface area contributed by atoms with Gasteiger partial charge in [-0.2, -0.15) is 14.6 Å². The average molecular weight is 431 g/mol. The summed E-state index contributed by atoms with van der Waals surface area (Å²) in [5, 5.41) is 7.58. The Morgan fingerprint density at radius 2 is 1.82 bits per heavy atom. The van der Waals surface area contributed by atoms with Crippen LogP contribution in [-0.2, 0) is 4.79 Å². The molecule has 2 aromatic rings. The predicted molar refractivity (Wildman–Crippen MR) is 113 cm³/mol. The van der Waals surface area contributed by atoms with Crippen LogP contribution in [0.25, 0.3) is 5.78 Å². The molecule has 1 amide bonds. The number of amides is 1. The van der Waals surface area contributed by atoms with Crippen molar-refractivity contribution in [3.05, 3.63) is 18.1 Å². The van der Waals surface area contributed by atoms with Crippen LogP contribution in [0.5, 0.6) is 0 Å². The van der Waals surface area contributed by atoms with Gasteiger partial charge in [0.15, 0.2) is 0 Å². The Morgan fingerprint density at radius 3 is 2.54 bits per heavy atom. The van der Waals surface area contributed by atoms with E-state index in [9.17, 15) is 4.79 Å². The Hall–Kier alpha value is -1.68. The second-order valence-corrected chi connectivity index (χ2v) is 6.94. The molecule has 4 heterocycles. The minimum absolute atomic E-state index is 0. The van der Waals surface area contributed by atoms with E-state index >= 15 is 0 Å². The molecule has 1 N–H and O–H groups in total. The van der Waals surface area contributed by atoms with Gasteiger partial charge in [-0.1, -0.05) is 0 Å². The van der Waals surface area contributed by atoms with Crippen molar-refractivity contribution < 1.29 is 4.79 Å². The van der Waals surface area contributed by atoms with E-state index in [0.29, 0.717) is 12.2 Å². The maximum Gasteiger partial charge on any atom is 0.254 e. The fraction of sp³-hybridized carbons (Fsp3) is 0.647. The minimum atomic E-state index is 0. The lowest BCUT2D eigenvalue weighted by Crippen LogP contribution is -2.49. The van der Waals surface area contributed by atoms with Gasteiger partial charge in [-0.15, -0.1) is 24.8 Å². The Balaban J connectivity index is 0.00000140. The van der Waals surface area contributed by atoms with Crippen LogP contribution in [0.4, 0.5) is 5.82 Å². The smallest absolute Gasteiger partial charge is 0.254 e. The largest absolute Gasteiger partial charge is 0.354 e. The summed E-state index contributed by atoms with van der Waals surface area (Å²) in [6.45, 7) is 10.0. The zero-order valence-electron chi connectivity index (χ0n) is 16.1. The molecule has 0 aliphatic carbocycles. The number of hydrogen-bond acceptors (Lipinski definition) is 7. The lowest BCUT2D eigenvalue weighted by molar-refractivity contribution is -0.132. The van der Waals surface area contributed by atoms with Crippen molar-refractivity contribution in [2.75, 3.05) is 63.8 Å². The van der Waals surface area contributed by atoms with E-state index in [2.05, 4.69) is 36.2 Å². The normalized spacial score (nSPS) is 17.9. The zero-order valence-corrected chi connectivity index (χ0v) is 17.7. The molecule has 2 aliphatic rings. The molecule has 9 nitrogen and oxygen atoms in total. The molecular formula is C17H28Cl2N8O.